The third-order valence-electron chi connectivity index (χ3n) is 10.8. The van der Waals surface area contributed by atoms with Gasteiger partial charge in [-0.2, -0.15) is 0 Å². The molecule has 3 heterocycles. The Hall–Kier alpha value is -6.00. The highest BCUT2D eigenvalue weighted by molar-refractivity contribution is 7.27. The van der Waals surface area contributed by atoms with Crippen LogP contribution in [-0.4, -0.2) is 0 Å². The van der Waals surface area contributed by atoms with Crippen LogP contribution in [0.15, 0.2) is 162 Å². The van der Waals surface area contributed by atoms with Crippen molar-refractivity contribution in [2.75, 3.05) is 0 Å². The molecule has 9 aromatic carbocycles. The summed E-state index contributed by atoms with van der Waals surface area (Å²) in [5.74, 6) is 0. The molecule has 0 bridgehead atoms. The number of para-hydroxylation sites is 1. The van der Waals surface area contributed by atoms with Crippen LogP contribution in [0, 0.1) is 0 Å². The van der Waals surface area contributed by atoms with Crippen molar-refractivity contribution in [2.24, 2.45) is 0 Å². The van der Waals surface area contributed by atoms with Crippen molar-refractivity contribution in [3.8, 4) is 22.3 Å². The van der Waals surface area contributed by atoms with Crippen LogP contribution in [0.4, 0.5) is 0 Å². The molecule has 0 amide bonds. The fraction of sp³-hybridized carbons (Fsp3) is 0. The third-order valence-corrected chi connectivity index (χ3v) is 13.2. The molecule has 0 radical (unpaired) electrons. The molecule has 0 aliphatic heterocycles. The van der Waals surface area contributed by atoms with Gasteiger partial charge in [0, 0.05) is 56.5 Å². The normalized spacial score (nSPS) is 12.3. The lowest BCUT2D eigenvalue weighted by Gasteiger charge is -2.18. The van der Waals surface area contributed by atoms with Gasteiger partial charge in [-0.3, -0.25) is 0 Å². The second-order valence-corrected chi connectivity index (χ2v) is 15.7. The molecule has 0 N–H and O–H groups in total. The molecule has 0 aliphatic rings. The van der Waals surface area contributed by atoms with Gasteiger partial charge in [0.1, 0.15) is 11.2 Å². The summed E-state index contributed by atoms with van der Waals surface area (Å²) >= 11 is 3.80. The minimum Gasteiger partial charge on any atom is -0.456 e. The van der Waals surface area contributed by atoms with Crippen molar-refractivity contribution in [2.45, 2.75) is 0 Å². The Bertz CT molecular complexity index is 3370. The van der Waals surface area contributed by atoms with Crippen LogP contribution in [0.3, 0.4) is 0 Å². The van der Waals surface area contributed by atoms with E-state index < -0.39 is 0 Å². The molecule has 1 nitrogen and oxygen atoms in total. The lowest BCUT2D eigenvalue weighted by Crippen LogP contribution is -1.90. The molecule has 0 saturated heterocycles. The van der Waals surface area contributed by atoms with E-state index in [1.807, 2.05) is 28.7 Å². The Morgan fingerprint density at radius 1 is 0.314 bits per heavy atom. The van der Waals surface area contributed by atoms with Crippen molar-refractivity contribution >= 4 is 117 Å². The Balaban J connectivity index is 1.12. The number of hydrogen-bond donors (Lipinski definition) is 0. The van der Waals surface area contributed by atoms with E-state index in [1.165, 1.54) is 94.9 Å². The largest absolute Gasteiger partial charge is 0.456 e. The number of rotatable bonds is 2. The zero-order valence-corrected chi connectivity index (χ0v) is 28.9. The summed E-state index contributed by atoms with van der Waals surface area (Å²) in [7, 11) is 0. The van der Waals surface area contributed by atoms with E-state index in [0.717, 1.165) is 21.9 Å². The highest BCUT2D eigenvalue weighted by Crippen LogP contribution is 2.47. The predicted octanol–water partition coefficient (Wildman–Crippen LogP) is 15.1. The molecule has 3 heteroatoms. The van der Waals surface area contributed by atoms with E-state index in [-0.39, 0.29) is 0 Å². The summed E-state index contributed by atoms with van der Waals surface area (Å²) in [4.78, 5) is 0. The molecule has 3 aromatic heterocycles. The summed E-state index contributed by atoms with van der Waals surface area (Å²) in [5.41, 5.74) is 6.78. The first-order chi connectivity index (χ1) is 25.3. The molecule has 0 aliphatic carbocycles. The Morgan fingerprint density at radius 3 is 1.65 bits per heavy atom. The maximum atomic E-state index is 6.37. The lowest BCUT2D eigenvalue weighted by molar-refractivity contribution is 0.669. The number of fused-ring (bicyclic) bond motifs is 13. The first kappa shape index (κ1) is 27.8. The lowest BCUT2D eigenvalue weighted by atomic mass is 9.85. The average molecular weight is 683 g/mol. The summed E-state index contributed by atoms with van der Waals surface area (Å²) < 4.78 is 11.7. The van der Waals surface area contributed by atoms with Crippen LogP contribution < -0.4 is 0 Å². The SMILES string of the molecule is c1ccc2c(c1)oc1cc(-c3c4ccccc4c(-c4ccc5sc6cc7ccc8c9ccccc9sc8c7cc6c5c4)c4ccccc34)ccc12. The summed E-state index contributed by atoms with van der Waals surface area (Å²) in [6.45, 7) is 0. The second kappa shape index (κ2) is 10.3. The molecule has 12 rings (SSSR count). The maximum absolute atomic E-state index is 6.37. The Labute approximate surface area is 300 Å². The molecule has 0 atom stereocenters. The van der Waals surface area contributed by atoms with E-state index in [1.54, 1.807) is 0 Å². The summed E-state index contributed by atoms with van der Waals surface area (Å²) in [6.07, 6.45) is 0. The molecule has 0 unspecified atom stereocenters. The van der Waals surface area contributed by atoms with Crippen molar-refractivity contribution in [1.29, 1.82) is 0 Å². The second-order valence-electron chi connectivity index (χ2n) is 13.6. The Kier molecular flexibility index (Phi) is 5.59. The van der Waals surface area contributed by atoms with Gasteiger partial charge in [-0.1, -0.05) is 109 Å². The van der Waals surface area contributed by atoms with Crippen LogP contribution in [0.5, 0.6) is 0 Å². The van der Waals surface area contributed by atoms with Crippen molar-refractivity contribution in [3.05, 3.63) is 158 Å². The molecule has 0 fully saturated rings. The standard InChI is InChI=1S/C48H26OS2/c1-3-13-35-33(11-1)46(34-12-2-4-14-36(34)47(35)29-18-20-31-30-9-5-7-15-41(30)49-42(31)24-29)28-19-22-44-39(23-28)40-26-38-27(25-45(40)50-44)17-21-37-32-10-6-8-16-43(32)51-48(37)38/h1-26H. The van der Waals surface area contributed by atoms with Gasteiger partial charge in [0.25, 0.3) is 0 Å². The molecule has 236 valence electrons. The molecular formula is C48H26OS2. The maximum Gasteiger partial charge on any atom is 0.136 e. The zero-order chi connectivity index (χ0) is 33.2. The van der Waals surface area contributed by atoms with E-state index >= 15 is 0 Å². The van der Waals surface area contributed by atoms with Gasteiger partial charge in [-0.15, -0.1) is 22.7 Å². The van der Waals surface area contributed by atoms with Gasteiger partial charge < -0.3 is 4.42 Å². The van der Waals surface area contributed by atoms with Crippen molar-refractivity contribution in [1.82, 2.24) is 0 Å². The van der Waals surface area contributed by atoms with E-state index in [4.69, 9.17) is 4.42 Å². The predicted molar refractivity (Wildman–Crippen MR) is 223 cm³/mol. The highest BCUT2D eigenvalue weighted by atomic mass is 32.1. The minimum atomic E-state index is 0.918. The van der Waals surface area contributed by atoms with Crippen LogP contribution in [0.2, 0.25) is 0 Å². The van der Waals surface area contributed by atoms with Crippen LogP contribution >= 0.6 is 22.7 Å². The van der Waals surface area contributed by atoms with Gasteiger partial charge in [0.05, 0.1) is 0 Å². The minimum absolute atomic E-state index is 0.918. The van der Waals surface area contributed by atoms with E-state index in [0.29, 0.717) is 0 Å². The first-order valence-corrected chi connectivity index (χ1v) is 19.0. The number of thiophene rings is 2. The fourth-order valence-corrected chi connectivity index (χ4v) is 10.9. The van der Waals surface area contributed by atoms with Crippen LogP contribution in [0.1, 0.15) is 0 Å². The molecular weight excluding hydrogens is 657 g/mol. The molecule has 0 saturated carbocycles. The van der Waals surface area contributed by atoms with Crippen molar-refractivity contribution in [3.63, 3.8) is 0 Å². The third kappa shape index (κ3) is 3.90. The molecule has 12 aromatic rings. The van der Waals surface area contributed by atoms with Gasteiger partial charge >= 0.3 is 0 Å². The quantitative estimate of drug-likeness (QED) is 0.165. The fourth-order valence-electron chi connectivity index (χ4n) is 8.56. The monoisotopic (exact) mass is 682 g/mol. The van der Waals surface area contributed by atoms with Crippen LogP contribution in [-0.2, 0) is 0 Å². The van der Waals surface area contributed by atoms with Gasteiger partial charge in [-0.05, 0) is 97.7 Å². The first-order valence-electron chi connectivity index (χ1n) is 17.3. The van der Waals surface area contributed by atoms with Gasteiger partial charge in [-0.25, -0.2) is 0 Å². The summed E-state index contributed by atoms with van der Waals surface area (Å²) in [6, 6.07) is 58.2. The molecule has 51 heavy (non-hydrogen) atoms. The topological polar surface area (TPSA) is 13.1 Å². The summed E-state index contributed by atoms with van der Waals surface area (Å²) in [5, 5.41) is 15.3. The van der Waals surface area contributed by atoms with Gasteiger partial charge in [0.2, 0.25) is 0 Å². The number of hydrogen-bond acceptors (Lipinski definition) is 3. The van der Waals surface area contributed by atoms with E-state index in [9.17, 15) is 0 Å². The van der Waals surface area contributed by atoms with Gasteiger partial charge in [0.15, 0.2) is 0 Å². The zero-order valence-electron chi connectivity index (χ0n) is 27.2. The highest BCUT2D eigenvalue weighted by Gasteiger charge is 2.19. The Morgan fingerprint density at radius 2 is 0.882 bits per heavy atom. The smallest absolute Gasteiger partial charge is 0.136 e. The number of furan rings is 1. The van der Waals surface area contributed by atoms with Crippen LogP contribution in [0.25, 0.3) is 117 Å². The number of benzene rings is 9. The van der Waals surface area contributed by atoms with Crippen molar-refractivity contribution < 1.29 is 4.42 Å². The average Bonchev–Trinajstić information content (AvgIpc) is 3.86. The molecule has 0 spiro atoms. The van der Waals surface area contributed by atoms with E-state index in [2.05, 4.69) is 152 Å².